The van der Waals surface area contributed by atoms with Crippen LogP contribution >= 0.6 is 0 Å². The van der Waals surface area contributed by atoms with Crippen LogP contribution in [0.2, 0.25) is 0 Å². The molecule has 2 aromatic rings. The topological polar surface area (TPSA) is 72.5 Å². The minimum Gasteiger partial charge on any atom is -0.469 e. The first-order valence-corrected chi connectivity index (χ1v) is 10.0. The first-order valence-electron chi connectivity index (χ1n) is 8.56. The highest BCUT2D eigenvalue weighted by molar-refractivity contribution is 7.89. The number of esters is 1. The molecule has 1 aliphatic carbocycles. The Hall–Kier alpha value is -1.92. The highest BCUT2D eigenvalue weighted by Gasteiger charge is 2.27. The Morgan fingerprint density at radius 3 is 2.44 bits per heavy atom. The van der Waals surface area contributed by atoms with Crippen molar-refractivity contribution in [3.8, 4) is 0 Å². The molecule has 0 bridgehead atoms. The molecule has 2 aromatic carbocycles. The van der Waals surface area contributed by atoms with Crippen LogP contribution in [-0.4, -0.2) is 28.0 Å². The molecule has 0 saturated heterocycles. The molecule has 0 radical (unpaired) electrons. The zero-order chi connectivity index (χ0) is 17.9. The summed E-state index contributed by atoms with van der Waals surface area (Å²) in [6.45, 7) is 0.406. The predicted octanol–water partition coefficient (Wildman–Crippen LogP) is 3.10. The van der Waals surface area contributed by atoms with Crippen LogP contribution in [0.15, 0.2) is 47.4 Å². The quantitative estimate of drug-likeness (QED) is 0.831. The van der Waals surface area contributed by atoms with Gasteiger partial charge >= 0.3 is 5.97 Å². The zero-order valence-electron chi connectivity index (χ0n) is 14.3. The van der Waals surface area contributed by atoms with Gasteiger partial charge in [-0.25, -0.2) is 13.1 Å². The minimum absolute atomic E-state index is 0.0432. The van der Waals surface area contributed by atoms with E-state index in [0.29, 0.717) is 6.54 Å². The molecular weight excluding hydrogens is 338 g/mol. The maximum Gasteiger partial charge on any atom is 0.308 e. The predicted molar refractivity (Wildman–Crippen MR) is 96.6 cm³/mol. The number of ether oxygens (including phenoxy) is 1. The number of benzene rings is 2. The number of hydrogen-bond donors (Lipinski definition) is 1. The van der Waals surface area contributed by atoms with Gasteiger partial charge < -0.3 is 4.74 Å². The summed E-state index contributed by atoms with van der Waals surface area (Å²) in [4.78, 5) is 11.8. The van der Waals surface area contributed by atoms with Gasteiger partial charge in [-0.3, -0.25) is 4.79 Å². The highest BCUT2D eigenvalue weighted by Crippen LogP contribution is 2.29. The molecule has 0 atom stereocenters. The Bertz CT molecular complexity index is 855. The van der Waals surface area contributed by atoms with E-state index in [1.165, 1.54) is 7.11 Å². The van der Waals surface area contributed by atoms with E-state index in [2.05, 4.69) is 4.72 Å². The van der Waals surface area contributed by atoms with Crippen molar-refractivity contribution in [3.05, 3.63) is 42.5 Å². The Morgan fingerprint density at radius 2 is 1.76 bits per heavy atom. The van der Waals surface area contributed by atoms with Crippen molar-refractivity contribution in [2.75, 3.05) is 13.7 Å². The van der Waals surface area contributed by atoms with Crippen LogP contribution in [0.25, 0.3) is 10.8 Å². The lowest BCUT2D eigenvalue weighted by molar-refractivity contribution is -0.146. The van der Waals surface area contributed by atoms with Crippen LogP contribution in [0.3, 0.4) is 0 Å². The summed E-state index contributed by atoms with van der Waals surface area (Å²) in [5, 5.41) is 1.92. The molecular formula is C19H23NO4S. The molecule has 0 unspecified atom stereocenters. The van der Waals surface area contributed by atoms with Crippen molar-refractivity contribution in [1.82, 2.24) is 4.72 Å². The van der Waals surface area contributed by atoms with Crippen molar-refractivity contribution < 1.29 is 17.9 Å². The lowest BCUT2D eigenvalue weighted by Gasteiger charge is -2.26. The summed E-state index contributed by atoms with van der Waals surface area (Å²) in [7, 11) is -2.12. The number of sulfonamides is 1. The number of rotatable bonds is 5. The Labute approximate surface area is 148 Å². The highest BCUT2D eigenvalue weighted by atomic mass is 32.2. The summed E-state index contributed by atoms with van der Waals surface area (Å²) < 4.78 is 32.6. The van der Waals surface area contributed by atoms with Crippen LogP contribution in [0, 0.1) is 11.8 Å². The second-order valence-corrected chi connectivity index (χ2v) is 8.37. The first kappa shape index (κ1) is 17.9. The average molecular weight is 361 g/mol. The fourth-order valence-corrected chi connectivity index (χ4v) is 4.57. The van der Waals surface area contributed by atoms with Gasteiger partial charge in [0.2, 0.25) is 10.0 Å². The molecule has 1 saturated carbocycles. The van der Waals surface area contributed by atoms with E-state index in [-0.39, 0.29) is 22.7 Å². The van der Waals surface area contributed by atoms with Gasteiger partial charge in [-0.2, -0.15) is 0 Å². The van der Waals surface area contributed by atoms with Gasteiger partial charge in [0.15, 0.2) is 0 Å². The number of carbonyl (C=O) groups is 1. The third kappa shape index (κ3) is 4.19. The molecule has 0 spiro atoms. The van der Waals surface area contributed by atoms with Crippen molar-refractivity contribution in [1.29, 1.82) is 0 Å². The molecule has 1 N–H and O–H groups in total. The van der Waals surface area contributed by atoms with Gasteiger partial charge in [-0.05, 0) is 54.5 Å². The first-order chi connectivity index (χ1) is 12.0. The normalized spacial score (nSPS) is 21.2. The average Bonchev–Trinajstić information content (AvgIpc) is 2.66. The maximum atomic E-state index is 12.6. The summed E-state index contributed by atoms with van der Waals surface area (Å²) >= 11 is 0. The Morgan fingerprint density at radius 1 is 1.08 bits per heavy atom. The summed E-state index contributed by atoms with van der Waals surface area (Å²) in [5.74, 6) is 0.0599. The zero-order valence-corrected chi connectivity index (χ0v) is 15.1. The lowest BCUT2D eigenvalue weighted by atomic mass is 9.82. The molecule has 3 rings (SSSR count). The monoisotopic (exact) mass is 361 g/mol. The fraction of sp³-hybridized carbons (Fsp3) is 0.421. The molecule has 6 heteroatoms. The van der Waals surface area contributed by atoms with E-state index in [4.69, 9.17) is 4.74 Å². The number of carbonyl (C=O) groups excluding carboxylic acids is 1. The van der Waals surface area contributed by atoms with E-state index in [1.54, 1.807) is 12.1 Å². The molecule has 1 fully saturated rings. The van der Waals surface area contributed by atoms with Crippen LogP contribution in [-0.2, 0) is 19.6 Å². The second-order valence-electron chi connectivity index (χ2n) is 6.60. The second kappa shape index (κ2) is 7.54. The SMILES string of the molecule is COC(=O)C1CCC(CNS(=O)(=O)c2ccc3ccccc3c2)CC1. The standard InChI is InChI=1S/C19H23NO4S/c1-24-19(21)16-8-6-14(7-9-16)13-20-25(22,23)18-11-10-15-4-2-3-5-17(15)12-18/h2-5,10-12,14,16,20H,6-9,13H2,1H3. The number of fused-ring (bicyclic) bond motifs is 1. The Kier molecular flexibility index (Phi) is 5.39. The maximum absolute atomic E-state index is 12.6. The van der Waals surface area contributed by atoms with Gasteiger partial charge in [0, 0.05) is 6.54 Å². The third-order valence-corrected chi connectivity index (χ3v) is 6.40. The molecule has 0 aliphatic heterocycles. The molecule has 5 nitrogen and oxygen atoms in total. The minimum atomic E-state index is -3.53. The molecule has 0 aromatic heterocycles. The van der Waals surface area contributed by atoms with Crippen molar-refractivity contribution >= 4 is 26.8 Å². The van der Waals surface area contributed by atoms with Gasteiger partial charge in [0.1, 0.15) is 0 Å². The third-order valence-electron chi connectivity index (χ3n) is 4.97. The fourth-order valence-electron chi connectivity index (χ4n) is 3.41. The van der Waals surface area contributed by atoms with Crippen LogP contribution < -0.4 is 4.72 Å². The van der Waals surface area contributed by atoms with Gasteiger partial charge in [-0.1, -0.05) is 30.3 Å². The summed E-state index contributed by atoms with van der Waals surface area (Å²) in [5.41, 5.74) is 0. The number of methoxy groups -OCH3 is 1. The van der Waals surface area contributed by atoms with E-state index in [0.717, 1.165) is 36.5 Å². The van der Waals surface area contributed by atoms with Crippen LogP contribution in [0.5, 0.6) is 0 Å². The molecule has 25 heavy (non-hydrogen) atoms. The van der Waals surface area contributed by atoms with E-state index in [9.17, 15) is 13.2 Å². The Balaban J connectivity index is 1.61. The number of nitrogens with one attached hydrogen (secondary N) is 1. The summed E-state index contributed by atoms with van der Waals surface area (Å²) in [6, 6.07) is 12.8. The molecule has 134 valence electrons. The van der Waals surface area contributed by atoms with Crippen molar-refractivity contribution in [3.63, 3.8) is 0 Å². The molecule has 1 aliphatic rings. The van der Waals surface area contributed by atoms with Crippen LogP contribution in [0.1, 0.15) is 25.7 Å². The van der Waals surface area contributed by atoms with Crippen molar-refractivity contribution in [2.45, 2.75) is 30.6 Å². The summed E-state index contributed by atoms with van der Waals surface area (Å²) in [6.07, 6.45) is 3.18. The van der Waals surface area contributed by atoms with Gasteiger partial charge in [0.25, 0.3) is 0 Å². The smallest absolute Gasteiger partial charge is 0.308 e. The van der Waals surface area contributed by atoms with Crippen molar-refractivity contribution in [2.24, 2.45) is 11.8 Å². The van der Waals surface area contributed by atoms with E-state index < -0.39 is 10.0 Å². The number of hydrogen-bond acceptors (Lipinski definition) is 4. The molecule has 0 amide bonds. The largest absolute Gasteiger partial charge is 0.469 e. The van der Waals surface area contributed by atoms with E-state index in [1.807, 2.05) is 30.3 Å². The van der Waals surface area contributed by atoms with Gasteiger partial charge in [0.05, 0.1) is 17.9 Å². The molecule has 0 heterocycles. The van der Waals surface area contributed by atoms with E-state index >= 15 is 0 Å². The lowest BCUT2D eigenvalue weighted by Crippen LogP contribution is -2.32. The van der Waals surface area contributed by atoms with Gasteiger partial charge in [-0.15, -0.1) is 0 Å². The van der Waals surface area contributed by atoms with Crippen LogP contribution in [0.4, 0.5) is 0 Å².